The van der Waals surface area contributed by atoms with Gasteiger partial charge in [-0.25, -0.2) is 0 Å². The van der Waals surface area contributed by atoms with E-state index in [4.69, 9.17) is 5.73 Å². The van der Waals surface area contributed by atoms with Crippen LogP contribution in [0.3, 0.4) is 0 Å². The summed E-state index contributed by atoms with van der Waals surface area (Å²) in [7, 11) is 0. The lowest BCUT2D eigenvalue weighted by Crippen LogP contribution is -2.42. The summed E-state index contributed by atoms with van der Waals surface area (Å²) in [5.74, 6) is -0.470. The molecule has 3 atom stereocenters. The molecule has 0 unspecified atom stereocenters. The minimum absolute atomic E-state index is 0.0292. The Morgan fingerprint density at radius 2 is 1.85 bits per heavy atom. The molecule has 0 aliphatic carbocycles. The maximum absolute atomic E-state index is 12.5. The van der Waals surface area contributed by atoms with Crippen molar-refractivity contribution in [3.63, 3.8) is 0 Å². The zero-order valence-electron chi connectivity index (χ0n) is 14.3. The van der Waals surface area contributed by atoms with Gasteiger partial charge in [-0.2, -0.15) is 0 Å². The highest BCUT2D eigenvalue weighted by molar-refractivity contribution is 7.99. The Hall–Kier alpha value is -2.31. The van der Waals surface area contributed by atoms with Crippen molar-refractivity contribution in [3.8, 4) is 0 Å². The minimum Gasteiger partial charge on any atom is -0.366 e. The standard InChI is InChI=1S/C20H21N3O2S/c21-19(24)15-3-1-2-4-18(15)26-14-8-5-12(6-9-14)20(25)23-17-11-13-7-10-16(17)22-13/h1-6,8-9,13,16-17,22H,7,10-11H2,(H2,21,24)(H,23,25)/t13-,16+,17-/m1/s1. The third-order valence-corrected chi connectivity index (χ3v) is 6.20. The van der Waals surface area contributed by atoms with E-state index in [0.717, 1.165) is 22.6 Å². The fourth-order valence-corrected chi connectivity index (χ4v) is 4.75. The Kier molecular flexibility index (Phi) is 4.70. The second kappa shape index (κ2) is 7.13. The molecule has 0 saturated carbocycles. The smallest absolute Gasteiger partial charge is 0.251 e. The maximum atomic E-state index is 12.5. The fraction of sp³-hybridized carbons (Fsp3) is 0.300. The first-order valence-corrected chi connectivity index (χ1v) is 9.65. The molecule has 0 radical (unpaired) electrons. The van der Waals surface area contributed by atoms with Crippen LogP contribution in [0.25, 0.3) is 0 Å². The highest BCUT2D eigenvalue weighted by Crippen LogP contribution is 2.31. The van der Waals surface area contributed by atoms with Crippen LogP contribution in [-0.4, -0.2) is 29.9 Å². The SMILES string of the molecule is NC(=O)c1ccccc1Sc1ccc(C(=O)N[C@@H]2C[C@H]3CC[C@@H]2N3)cc1. The highest BCUT2D eigenvalue weighted by Gasteiger charge is 2.39. The fourth-order valence-electron chi connectivity index (χ4n) is 3.80. The predicted molar refractivity (Wildman–Crippen MR) is 101 cm³/mol. The normalized spacial score (nSPS) is 23.8. The van der Waals surface area contributed by atoms with Gasteiger partial charge in [0, 0.05) is 33.5 Å². The van der Waals surface area contributed by atoms with Gasteiger partial charge in [0.05, 0.1) is 5.56 Å². The lowest BCUT2D eigenvalue weighted by molar-refractivity contribution is 0.0930. The molecule has 4 rings (SSSR count). The monoisotopic (exact) mass is 367 g/mol. The van der Waals surface area contributed by atoms with Gasteiger partial charge in [-0.05, 0) is 55.7 Å². The molecule has 2 heterocycles. The Morgan fingerprint density at radius 1 is 1.08 bits per heavy atom. The van der Waals surface area contributed by atoms with Gasteiger partial charge < -0.3 is 16.4 Å². The molecule has 2 aliphatic rings. The average Bonchev–Trinajstić information content (AvgIpc) is 3.25. The summed E-state index contributed by atoms with van der Waals surface area (Å²) in [5.41, 5.74) is 6.58. The summed E-state index contributed by atoms with van der Waals surface area (Å²) in [4.78, 5) is 25.8. The van der Waals surface area contributed by atoms with E-state index < -0.39 is 5.91 Å². The van der Waals surface area contributed by atoms with E-state index in [9.17, 15) is 9.59 Å². The molecule has 6 heteroatoms. The number of nitrogens with one attached hydrogen (secondary N) is 2. The number of hydrogen-bond acceptors (Lipinski definition) is 4. The summed E-state index contributed by atoms with van der Waals surface area (Å²) in [6.45, 7) is 0. The molecule has 26 heavy (non-hydrogen) atoms. The van der Waals surface area contributed by atoms with Gasteiger partial charge >= 0.3 is 0 Å². The van der Waals surface area contributed by atoms with Gasteiger partial charge in [0.1, 0.15) is 0 Å². The van der Waals surface area contributed by atoms with Crippen molar-refractivity contribution in [2.75, 3.05) is 0 Å². The molecule has 5 nitrogen and oxygen atoms in total. The van der Waals surface area contributed by atoms with Crippen molar-refractivity contribution in [2.45, 2.75) is 47.2 Å². The molecule has 0 aromatic heterocycles. The third-order valence-electron chi connectivity index (χ3n) is 5.11. The Balaban J connectivity index is 1.42. The van der Waals surface area contributed by atoms with E-state index in [0.29, 0.717) is 23.2 Å². The number of nitrogens with two attached hydrogens (primary N) is 1. The second-order valence-electron chi connectivity index (χ2n) is 6.85. The number of rotatable bonds is 5. The van der Waals surface area contributed by atoms with Crippen LogP contribution in [0.1, 0.15) is 40.0 Å². The van der Waals surface area contributed by atoms with Crippen molar-refractivity contribution < 1.29 is 9.59 Å². The Labute approximate surface area is 156 Å². The van der Waals surface area contributed by atoms with Crippen LogP contribution in [0.2, 0.25) is 0 Å². The number of carbonyl (C=O) groups excluding carboxylic acids is 2. The molecule has 2 bridgehead atoms. The summed E-state index contributed by atoms with van der Waals surface area (Å²) >= 11 is 1.46. The number of hydrogen-bond donors (Lipinski definition) is 3. The molecular weight excluding hydrogens is 346 g/mol. The molecule has 2 amide bonds. The lowest BCUT2D eigenvalue weighted by Gasteiger charge is -2.21. The van der Waals surface area contributed by atoms with Crippen LogP contribution < -0.4 is 16.4 Å². The van der Waals surface area contributed by atoms with Crippen molar-refractivity contribution in [1.29, 1.82) is 0 Å². The van der Waals surface area contributed by atoms with Crippen molar-refractivity contribution >= 4 is 23.6 Å². The van der Waals surface area contributed by atoms with Gasteiger partial charge in [0.2, 0.25) is 5.91 Å². The molecule has 2 saturated heterocycles. The highest BCUT2D eigenvalue weighted by atomic mass is 32.2. The van der Waals surface area contributed by atoms with Crippen molar-refractivity contribution in [1.82, 2.24) is 10.6 Å². The van der Waals surface area contributed by atoms with Crippen LogP contribution in [0.15, 0.2) is 58.3 Å². The van der Waals surface area contributed by atoms with Gasteiger partial charge in [-0.1, -0.05) is 23.9 Å². The van der Waals surface area contributed by atoms with Crippen molar-refractivity contribution in [2.24, 2.45) is 5.73 Å². The van der Waals surface area contributed by atoms with E-state index >= 15 is 0 Å². The summed E-state index contributed by atoms with van der Waals surface area (Å²) in [5, 5.41) is 6.68. The predicted octanol–water partition coefficient (Wildman–Crippen LogP) is 2.56. The maximum Gasteiger partial charge on any atom is 0.251 e. The Morgan fingerprint density at radius 3 is 2.50 bits per heavy atom. The number of amides is 2. The molecule has 2 fully saturated rings. The first kappa shape index (κ1) is 17.1. The first-order chi connectivity index (χ1) is 12.6. The number of fused-ring (bicyclic) bond motifs is 2. The van der Waals surface area contributed by atoms with Crippen LogP contribution in [0, 0.1) is 0 Å². The zero-order chi connectivity index (χ0) is 18.1. The molecule has 0 spiro atoms. The number of benzene rings is 2. The lowest BCUT2D eigenvalue weighted by atomic mass is 9.95. The summed E-state index contributed by atoms with van der Waals surface area (Å²) in [6.07, 6.45) is 3.38. The average molecular weight is 367 g/mol. The number of carbonyl (C=O) groups is 2. The largest absolute Gasteiger partial charge is 0.366 e. The van der Waals surface area contributed by atoms with E-state index in [2.05, 4.69) is 10.6 Å². The van der Waals surface area contributed by atoms with Gasteiger partial charge in [0.15, 0.2) is 0 Å². The summed E-state index contributed by atoms with van der Waals surface area (Å²) in [6, 6.07) is 15.9. The second-order valence-corrected chi connectivity index (χ2v) is 7.97. The van der Waals surface area contributed by atoms with Crippen LogP contribution in [-0.2, 0) is 0 Å². The molecule has 2 aromatic rings. The first-order valence-electron chi connectivity index (χ1n) is 8.84. The van der Waals surface area contributed by atoms with Crippen LogP contribution in [0.4, 0.5) is 0 Å². The molecular formula is C20H21N3O2S. The minimum atomic E-state index is -0.441. The quantitative estimate of drug-likeness (QED) is 0.758. The van der Waals surface area contributed by atoms with Crippen LogP contribution >= 0.6 is 11.8 Å². The molecule has 2 aromatic carbocycles. The number of primary amides is 1. The molecule has 4 N–H and O–H groups in total. The van der Waals surface area contributed by atoms with Gasteiger partial charge in [-0.3, -0.25) is 9.59 Å². The molecule has 134 valence electrons. The zero-order valence-corrected chi connectivity index (χ0v) is 15.1. The third kappa shape index (κ3) is 3.48. The van der Waals surface area contributed by atoms with Crippen LogP contribution in [0.5, 0.6) is 0 Å². The topological polar surface area (TPSA) is 84.2 Å². The van der Waals surface area contributed by atoms with E-state index in [1.165, 1.54) is 18.2 Å². The van der Waals surface area contributed by atoms with E-state index in [-0.39, 0.29) is 11.9 Å². The van der Waals surface area contributed by atoms with E-state index in [1.54, 1.807) is 12.1 Å². The Bertz CT molecular complexity index is 837. The van der Waals surface area contributed by atoms with Gasteiger partial charge in [-0.15, -0.1) is 0 Å². The van der Waals surface area contributed by atoms with Crippen molar-refractivity contribution in [3.05, 3.63) is 59.7 Å². The van der Waals surface area contributed by atoms with E-state index in [1.807, 2.05) is 36.4 Å². The van der Waals surface area contributed by atoms with Gasteiger partial charge in [0.25, 0.3) is 5.91 Å². The summed E-state index contributed by atoms with van der Waals surface area (Å²) < 4.78 is 0. The molecule has 2 aliphatic heterocycles.